The zero-order valence-corrected chi connectivity index (χ0v) is 18.1. The number of carbonyl (C=O) groups is 1. The number of thiophene rings is 1. The van der Waals surface area contributed by atoms with Gasteiger partial charge in [-0.1, -0.05) is 48.2 Å². The lowest BCUT2D eigenvalue weighted by molar-refractivity contribution is -0.119. The number of rotatable bonds is 8. The molecule has 1 N–H and O–H groups in total. The van der Waals surface area contributed by atoms with Gasteiger partial charge in [0, 0.05) is 22.8 Å². The lowest BCUT2D eigenvalue weighted by Crippen LogP contribution is -2.27. The van der Waals surface area contributed by atoms with E-state index in [1.165, 1.54) is 11.8 Å². The molecule has 0 spiro atoms. The van der Waals surface area contributed by atoms with Gasteiger partial charge in [0.25, 0.3) is 0 Å². The molecule has 6 nitrogen and oxygen atoms in total. The number of pyridine rings is 1. The number of benzene rings is 1. The highest BCUT2D eigenvalue weighted by Gasteiger charge is 2.17. The fourth-order valence-corrected chi connectivity index (χ4v) is 4.52. The number of hydrogen-bond donors (Lipinski definition) is 1. The minimum atomic E-state index is -0.0272. The zero-order chi connectivity index (χ0) is 20.8. The van der Waals surface area contributed by atoms with Crippen molar-refractivity contribution in [2.45, 2.75) is 24.7 Å². The molecular formula is C22H21N5OS2. The molecule has 1 unspecified atom stereocenters. The van der Waals surface area contributed by atoms with Crippen LogP contribution in [0.3, 0.4) is 0 Å². The molecule has 0 bridgehead atoms. The number of nitrogens with one attached hydrogen (secondary N) is 1. The Morgan fingerprint density at radius 3 is 2.63 bits per heavy atom. The van der Waals surface area contributed by atoms with Crippen LogP contribution in [-0.2, 0) is 11.3 Å². The van der Waals surface area contributed by atoms with Gasteiger partial charge in [-0.3, -0.25) is 14.3 Å². The van der Waals surface area contributed by atoms with Crippen molar-refractivity contribution in [3.8, 4) is 11.4 Å². The normalized spacial score (nSPS) is 11.9. The molecule has 1 atom stereocenters. The summed E-state index contributed by atoms with van der Waals surface area (Å²) in [5.41, 5.74) is 2.08. The van der Waals surface area contributed by atoms with Crippen molar-refractivity contribution in [2.24, 2.45) is 0 Å². The summed E-state index contributed by atoms with van der Waals surface area (Å²) in [6.07, 6.45) is 3.48. The molecule has 3 heterocycles. The van der Waals surface area contributed by atoms with E-state index in [1.807, 2.05) is 59.3 Å². The maximum absolute atomic E-state index is 12.5. The van der Waals surface area contributed by atoms with Gasteiger partial charge >= 0.3 is 0 Å². The predicted molar refractivity (Wildman–Crippen MR) is 120 cm³/mol. The monoisotopic (exact) mass is 435 g/mol. The van der Waals surface area contributed by atoms with E-state index in [9.17, 15) is 4.79 Å². The standard InChI is InChI=1S/C22H21N5OS2/c1-16(19-8-5-13-29-19)24-20(28)15-30-22-26-25-21(18-9-11-23-12-10-18)27(22)14-17-6-3-2-4-7-17/h2-13,16H,14-15H2,1H3,(H,24,28). The summed E-state index contributed by atoms with van der Waals surface area (Å²) in [6, 6.07) is 18.0. The molecular weight excluding hydrogens is 414 g/mol. The van der Waals surface area contributed by atoms with Gasteiger partial charge < -0.3 is 5.32 Å². The molecule has 0 aliphatic carbocycles. The molecule has 4 aromatic rings. The maximum atomic E-state index is 12.5. The Morgan fingerprint density at radius 1 is 1.10 bits per heavy atom. The van der Waals surface area contributed by atoms with E-state index in [2.05, 4.69) is 32.6 Å². The number of nitrogens with zero attached hydrogens (tertiary/aromatic N) is 4. The molecule has 3 aromatic heterocycles. The highest BCUT2D eigenvalue weighted by molar-refractivity contribution is 7.99. The SMILES string of the molecule is CC(NC(=O)CSc1nnc(-c2ccncc2)n1Cc1ccccc1)c1cccs1. The molecule has 0 fully saturated rings. The lowest BCUT2D eigenvalue weighted by Gasteiger charge is -2.13. The van der Waals surface area contributed by atoms with Crippen LogP contribution in [-0.4, -0.2) is 31.4 Å². The highest BCUT2D eigenvalue weighted by Crippen LogP contribution is 2.25. The van der Waals surface area contributed by atoms with Crippen molar-refractivity contribution < 1.29 is 4.79 Å². The summed E-state index contributed by atoms with van der Waals surface area (Å²) < 4.78 is 2.05. The first-order valence-corrected chi connectivity index (χ1v) is 11.4. The zero-order valence-electron chi connectivity index (χ0n) is 16.4. The van der Waals surface area contributed by atoms with Crippen LogP contribution in [0.4, 0.5) is 0 Å². The van der Waals surface area contributed by atoms with Crippen LogP contribution in [0.1, 0.15) is 23.4 Å². The molecule has 0 saturated heterocycles. The van der Waals surface area contributed by atoms with Gasteiger partial charge in [0.1, 0.15) is 0 Å². The summed E-state index contributed by atoms with van der Waals surface area (Å²) in [5.74, 6) is 1.01. The van der Waals surface area contributed by atoms with E-state index < -0.39 is 0 Å². The summed E-state index contributed by atoms with van der Waals surface area (Å²) >= 11 is 3.03. The van der Waals surface area contributed by atoms with Gasteiger partial charge in [0.2, 0.25) is 5.91 Å². The van der Waals surface area contributed by atoms with Gasteiger partial charge in [-0.05, 0) is 36.1 Å². The average Bonchev–Trinajstić information content (AvgIpc) is 3.44. The van der Waals surface area contributed by atoms with Crippen LogP contribution in [0.5, 0.6) is 0 Å². The lowest BCUT2D eigenvalue weighted by atomic mass is 10.2. The highest BCUT2D eigenvalue weighted by atomic mass is 32.2. The van der Waals surface area contributed by atoms with Gasteiger partial charge in [0.15, 0.2) is 11.0 Å². The number of aromatic nitrogens is 4. The molecule has 4 rings (SSSR count). The molecule has 8 heteroatoms. The van der Waals surface area contributed by atoms with E-state index in [4.69, 9.17) is 0 Å². The molecule has 1 amide bonds. The Morgan fingerprint density at radius 2 is 1.90 bits per heavy atom. The Bertz CT molecular complexity index is 1080. The Balaban J connectivity index is 1.51. The van der Waals surface area contributed by atoms with Crippen LogP contribution in [0, 0.1) is 0 Å². The van der Waals surface area contributed by atoms with Crippen molar-refractivity contribution in [3.05, 3.63) is 82.8 Å². The fourth-order valence-electron chi connectivity index (χ4n) is 3.04. The third-order valence-electron chi connectivity index (χ3n) is 4.52. The van der Waals surface area contributed by atoms with Crippen LogP contribution in [0.25, 0.3) is 11.4 Å². The van der Waals surface area contributed by atoms with Crippen LogP contribution in [0.15, 0.2) is 77.5 Å². The van der Waals surface area contributed by atoms with Gasteiger partial charge in [0.05, 0.1) is 18.3 Å². The van der Waals surface area contributed by atoms with Crippen LogP contribution in [0.2, 0.25) is 0 Å². The first-order chi connectivity index (χ1) is 14.7. The average molecular weight is 436 g/mol. The van der Waals surface area contributed by atoms with E-state index in [-0.39, 0.29) is 17.7 Å². The third kappa shape index (κ3) is 4.95. The number of amides is 1. The Labute approximate surface area is 183 Å². The van der Waals surface area contributed by atoms with Gasteiger partial charge in [-0.25, -0.2) is 0 Å². The topological polar surface area (TPSA) is 72.7 Å². The first kappa shape index (κ1) is 20.3. The smallest absolute Gasteiger partial charge is 0.230 e. The minimum absolute atomic E-state index is 0.00679. The summed E-state index contributed by atoms with van der Waals surface area (Å²) in [7, 11) is 0. The number of hydrogen-bond acceptors (Lipinski definition) is 6. The molecule has 0 aliphatic rings. The summed E-state index contributed by atoms with van der Waals surface area (Å²) in [4.78, 5) is 17.7. The van der Waals surface area contributed by atoms with Crippen molar-refractivity contribution in [1.82, 2.24) is 25.1 Å². The predicted octanol–water partition coefficient (Wildman–Crippen LogP) is 4.42. The third-order valence-corrected chi connectivity index (χ3v) is 6.54. The van der Waals surface area contributed by atoms with E-state index in [0.717, 1.165) is 21.8 Å². The largest absolute Gasteiger partial charge is 0.348 e. The van der Waals surface area contributed by atoms with Crippen molar-refractivity contribution in [1.29, 1.82) is 0 Å². The summed E-state index contributed by atoms with van der Waals surface area (Å²) in [6.45, 7) is 2.62. The Kier molecular flexibility index (Phi) is 6.56. The maximum Gasteiger partial charge on any atom is 0.230 e. The second-order valence-electron chi connectivity index (χ2n) is 6.71. The van der Waals surface area contributed by atoms with Gasteiger partial charge in [-0.15, -0.1) is 21.5 Å². The summed E-state index contributed by atoms with van der Waals surface area (Å²) in [5, 5.41) is 14.5. The van der Waals surface area contributed by atoms with E-state index in [1.54, 1.807) is 23.7 Å². The van der Waals surface area contributed by atoms with E-state index >= 15 is 0 Å². The van der Waals surface area contributed by atoms with Crippen molar-refractivity contribution >= 4 is 29.0 Å². The van der Waals surface area contributed by atoms with Crippen LogP contribution < -0.4 is 5.32 Å². The van der Waals surface area contributed by atoms with E-state index in [0.29, 0.717) is 11.7 Å². The Hall–Kier alpha value is -2.97. The second kappa shape index (κ2) is 9.69. The molecule has 0 radical (unpaired) electrons. The number of thioether (sulfide) groups is 1. The molecule has 1 aromatic carbocycles. The molecule has 30 heavy (non-hydrogen) atoms. The van der Waals surface area contributed by atoms with Crippen molar-refractivity contribution in [3.63, 3.8) is 0 Å². The second-order valence-corrected chi connectivity index (χ2v) is 8.63. The quantitative estimate of drug-likeness (QED) is 0.415. The molecule has 0 aliphatic heterocycles. The van der Waals surface area contributed by atoms with Crippen molar-refractivity contribution in [2.75, 3.05) is 5.75 Å². The van der Waals surface area contributed by atoms with Gasteiger partial charge in [-0.2, -0.15) is 0 Å². The first-order valence-electron chi connectivity index (χ1n) is 9.54. The minimum Gasteiger partial charge on any atom is -0.348 e. The van der Waals surface area contributed by atoms with Crippen LogP contribution >= 0.6 is 23.1 Å². The fraction of sp³-hybridized carbons (Fsp3) is 0.182. The number of carbonyl (C=O) groups excluding carboxylic acids is 1. The molecule has 0 saturated carbocycles. The molecule has 152 valence electrons.